The van der Waals surface area contributed by atoms with Crippen LogP contribution in [0.15, 0.2) is 36.8 Å². The molecular weight excluding hydrogens is 264 g/mol. The van der Waals surface area contributed by atoms with E-state index >= 15 is 0 Å². The monoisotopic (exact) mass is 276 g/mol. The van der Waals surface area contributed by atoms with Crippen LogP contribution in [0.3, 0.4) is 0 Å². The smallest absolute Gasteiger partial charge is 0.222 e. The number of hydrogen-bond donors (Lipinski definition) is 0. The summed E-state index contributed by atoms with van der Waals surface area (Å²) in [5, 5.41) is 0.637. The maximum absolute atomic E-state index is 12.1. The van der Waals surface area contributed by atoms with Gasteiger partial charge in [-0.05, 0) is 37.6 Å². The Morgan fingerprint density at radius 3 is 2.79 bits per heavy atom. The first-order valence-electron chi connectivity index (χ1n) is 5.81. The zero-order chi connectivity index (χ0) is 13.8. The third-order valence-corrected chi connectivity index (χ3v) is 2.86. The zero-order valence-corrected chi connectivity index (χ0v) is 11.4. The van der Waals surface area contributed by atoms with E-state index in [1.807, 2.05) is 6.92 Å². The fourth-order valence-corrected chi connectivity index (χ4v) is 1.85. The second kappa shape index (κ2) is 5.80. The van der Waals surface area contributed by atoms with Gasteiger partial charge in [0.1, 0.15) is 11.4 Å². The van der Waals surface area contributed by atoms with Gasteiger partial charge in [-0.1, -0.05) is 11.6 Å². The number of aryl methyl sites for hydroxylation is 1. The van der Waals surface area contributed by atoms with Gasteiger partial charge in [0.05, 0.1) is 6.20 Å². The van der Waals surface area contributed by atoms with Crippen LogP contribution in [-0.4, -0.2) is 21.9 Å². The SMILES string of the molecule is Cc1cc(Cl)ccc1OC(C)C(=O)c1cnccn1. The van der Waals surface area contributed by atoms with E-state index in [0.717, 1.165) is 5.56 Å². The van der Waals surface area contributed by atoms with Gasteiger partial charge in [0.2, 0.25) is 5.78 Å². The molecule has 5 heteroatoms. The highest BCUT2D eigenvalue weighted by molar-refractivity contribution is 6.30. The van der Waals surface area contributed by atoms with Crippen LogP contribution in [0.4, 0.5) is 0 Å². The van der Waals surface area contributed by atoms with Gasteiger partial charge in [0.25, 0.3) is 0 Å². The van der Waals surface area contributed by atoms with E-state index in [-0.39, 0.29) is 5.78 Å². The van der Waals surface area contributed by atoms with E-state index in [1.165, 1.54) is 18.6 Å². The first-order valence-corrected chi connectivity index (χ1v) is 6.19. The standard InChI is InChI=1S/C14H13ClN2O2/c1-9-7-11(15)3-4-13(9)19-10(2)14(18)12-8-16-5-6-17-12/h3-8,10H,1-2H3. The van der Waals surface area contributed by atoms with Crippen molar-refractivity contribution in [2.45, 2.75) is 20.0 Å². The lowest BCUT2D eigenvalue weighted by Gasteiger charge is -2.15. The topological polar surface area (TPSA) is 52.1 Å². The number of ether oxygens (including phenoxy) is 1. The summed E-state index contributed by atoms with van der Waals surface area (Å²) in [6.45, 7) is 3.56. The molecule has 0 radical (unpaired) electrons. The number of hydrogen-bond acceptors (Lipinski definition) is 4. The molecule has 0 fully saturated rings. The van der Waals surface area contributed by atoms with Gasteiger partial charge in [-0.3, -0.25) is 9.78 Å². The number of ketones is 1. The van der Waals surface area contributed by atoms with Crippen molar-refractivity contribution in [3.05, 3.63) is 53.1 Å². The van der Waals surface area contributed by atoms with Crippen LogP contribution in [0.5, 0.6) is 5.75 Å². The molecule has 98 valence electrons. The minimum absolute atomic E-state index is 0.206. The Hall–Kier alpha value is -1.94. The van der Waals surface area contributed by atoms with Crippen molar-refractivity contribution in [2.75, 3.05) is 0 Å². The average Bonchev–Trinajstić information content (AvgIpc) is 2.42. The lowest BCUT2D eigenvalue weighted by molar-refractivity contribution is 0.0811. The molecule has 4 nitrogen and oxygen atoms in total. The molecular formula is C14H13ClN2O2. The van der Waals surface area contributed by atoms with Gasteiger partial charge in [0.15, 0.2) is 6.10 Å². The molecule has 0 saturated carbocycles. The van der Waals surface area contributed by atoms with E-state index in [1.54, 1.807) is 25.1 Å². The largest absolute Gasteiger partial charge is 0.482 e. The predicted molar refractivity (Wildman–Crippen MR) is 72.6 cm³/mol. The van der Waals surface area contributed by atoms with E-state index in [9.17, 15) is 4.79 Å². The highest BCUT2D eigenvalue weighted by atomic mass is 35.5. The summed E-state index contributed by atoms with van der Waals surface area (Å²) in [5.74, 6) is 0.427. The second-order valence-electron chi connectivity index (χ2n) is 4.12. The number of carbonyl (C=O) groups excluding carboxylic acids is 1. The number of carbonyl (C=O) groups is 1. The highest BCUT2D eigenvalue weighted by Crippen LogP contribution is 2.23. The Morgan fingerprint density at radius 2 is 2.16 bits per heavy atom. The van der Waals surface area contributed by atoms with Crippen LogP contribution in [0, 0.1) is 6.92 Å². The van der Waals surface area contributed by atoms with Crippen molar-refractivity contribution in [3.8, 4) is 5.75 Å². The summed E-state index contributed by atoms with van der Waals surface area (Å²) in [6, 6.07) is 5.26. The molecule has 0 saturated heterocycles. The first-order chi connectivity index (χ1) is 9.08. The Kier molecular flexibility index (Phi) is 4.12. The van der Waals surface area contributed by atoms with Crippen LogP contribution in [-0.2, 0) is 0 Å². The molecule has 1 atom stereocenters. The number of Topliss-reactive ketones (excluding diaryl/α,β-unsaturated/α-hetero) is 1. The summed E-state index contributed by atoms with van der Waals surface area (Å²) in [5.41, 5.74) is 1.17. The Bertz CT molecular complexity index is 587. The molecule has 2 aromatic rings. The zero-order valence-electron chi connectivity index (χ0n) is 10.6. The molecule has 2 rings (SSSR count). The Balaban J connectivity index is 2.13. The number of halogens is 1. The van der Waals surface area contributed by atoms with Gasteiger partial charge in [0, 0.05) is 17.4 Å². The lowest BCUT2D eigenvalue weighted by Crippen LogP contribution is -2.25. The number of benzene rings is 1. The van der Waals surface area contributed by atoms with Gasteiger partial charge in [-0.15, -0.1) is 0 Å². The van der Waals surface area contributed by atoms with Crippen molar-refractivity contribution in [1.29, 1.82) is 0 Å². The van der Waals surface area contributed by atoms with E-state index in [2.05, 4.69) is 9.97 Å². The minimum atomic E-state index is -0.628. The molecule has 1 heterocycles. The van der Waals surface area contributed by atoms with Gasteiger partial charge < -0.3 is 4.74 Å². The molecule has 19 heavy (non-hydrogen) atoms. The summed E-state index contributed by atoms with van der Waals surface area (Å²) in [7, 11) is 0. The molecule has 0 spiro atoms. The average molecular weight is 277 g/mol. The van der Waals surface area contributed by atoms with Crippen LogP contribution in [0.25, 0.3) is 0 Å². The summed E-state index contributed by atoms with van der Waals surface area (Å²) < 4.78 is 5.64. The van der Waals surface area contributed by atoms with E-state index < -0.39 is 6.10 Å². The third kappa shape index (κ3) is 3.29. The molecule has 0 aliphatic rings. The summed E-state index contributed by atoms with van der Waals surface area (Å²) >= 11 is 5.87. The van der Waals surface area contributed by atoms with Crippen molar-refractivity contribution in [3.63, 3.8) is 0 Å². The molecule has 0 aliphatic carbocycles. The van der Waals surface area contributed by atoms with Crippen molar-refractivity contribution in [2.24, 2.45) is 0 Å². The quantitative estimate of drug-likeness (QED) is 0.805. The Morgan fingerprint density at radius 1 is 1.37 bits per heavy atom. The molecule has 1 aromatic heterocycles. The van der Waals surface area contributed by atoms with E-state index in [0.29, 0.717) is 16.5 Å². The molecule has 1 unspecified atom stereocenters. The number of nitrogens with zero attached hydrogens (tertiary/aromatic N) is 2. The van der Waals surface area contributed by atoms with Crippen LogP contribution < -0.4 is 4.74 Å². The molecule has 1 aromatic carbocycles. The summed E-state index contributed by atoms with van der Waals surface area (Å²) in [6.07, 6.45) is 3.80. The van der Waals surface area contributed by atoms with Crippen LogP contribution in [0.2, 0.25) is 5.02 Å². The molecule has 0 N–H and O–H groups in total. The third-order valence-electron chi connectivity index (χ3n) is 2.63. The van der Waals surface area contributed by atoms with Crippen LogP contribution >= 0.6 is 11.6 Å². The van der Waals surface area contributed by atoms with Crippen molar-refractivity contribution >= 4 is 17.4 Å². The predicted octanol–water partition coefficient (Wildman–Crippen LogP) is 3.09. The normalized spacial score (nSPS) is 11.9. The maximum atomic E-state index is 12.1. The van der Waals surface area contributed by atoms with Crippen molar-refractivity contribution < 1.29 is 9.53 Å². The molecule has 0 amide bonds. The molecule has 0 bridgehead atoms. The minimum Gasteiger partial charge on any atom is -0.482 e. The van der Waals surface area contributed by atoms with Crippen LogP contribution in [0.1, 0.15) is 23.0 Å². The van der Waals surface area contributed by atoms with Crippen molar-refractivity contribution in [1.82, 2.24) is 9.97 Å². The fourth-order valence-electron chi connectivity index (χ4n) is 1.62. The van der Waals surface area contributed by atoms with Gasteiger partial charge in [-0.25, -0.2) is 4.98 Å². The van der Waals surface area contributed by atoms with Gasteiger partial charge in [-0.2, -0.15) is 0 Å². The summed E-state index contributed by atoms with van der Waals surface area (Å²) in [4.78, 5) is 19.9. The number of rotatable bonds is 4. The number of aromatic nitrogens is 2. The maximum Gasteiger partial charge on any atom is 0.222 e. The Labute approximate surface area is 116 Å². The molecule has 0 aliphatic heterocycles. The van der Waals surface area contributed by atoms with E-state index in [4.69, 9.17) is 16.3 Å². The lowest BCUT2D eigenvalue weighted by atomic mass is 10.2. The van der Waals surface area contributed by atoms with Gasteiger partial charge >= 0.3 is 0 Å². The second-order valence-corrected chi connectivity index (χ2v) is 4.56. The highest BCUT2D eigenvalue weighted by Gasteiger charge is 2.19. The fraction of sp³-hybridized carbons (Fsp3) is 0.214. The first kappa shape index (κ1) is 13.5.